The Morgan fingerprint density at radius 1 is 1.21 bits per heavy atom. The van der Waals surface area contributed by atoms with Crippen molar-refractivity contribution in [2.24, 2.45) is 7.05 Å². The van der Waals surface area contributed by atoms with Gasteiger partial charge < -0.3 is 23.6 Å². The second-order valence-electron chi connectivity index (χ2n) is 6.10. The number of rotatable bonds is 6. The third-order valence-corrected chi connectivity index (χ3v) is 4.35. The molecule has 4 aromatic rings. The Labute approximate surface area is 160 Å². The van der Waals surface area contributed by atoms with E-state index >= 15 is 0 Å². The molecular weight excluding hydrogens is 360 g/mol. The van der Waals surface area contributed by atoms with Crippen LogP contribution in [0.4, 0.5) is 0 Å². The lowest BCUT2D eigenvalue weighted by Crippen LogP contribution is -2.31. The lowest BCUT2D eigenvalue weighted by atomic mass is 10.0. The molecule has 4 rings (SSSR count). The number of hydrogen-bond acceptors (Lipinski definition) is 6. The van der Waals surface area contributed by atoms with Crippen LogP contribution in [0.3, 0.4) is 0 Å². The topological polar surface area (TPSA) is 95.3 Å². The maximum atomic E-state index is 12.9. The molecule has 0 radical (unpaired) electrons. The van der Waals surface area contributed by atoms with Crippen molar-refractivity contribution in [3.05, 3.63) is 78.2 Å². The van der Waals surface area contributed by atoms with Crippen LogP contribution in [0.2, 0.25) is 0 Å². The molecule has 1 atom stereocenters. The van der Waals surface area contributed by atoms with Crippen molar-refractivity contribution in [3.8, 4) is 17.3 Å². The van der Waals surface area contributed by atoms with Crippen LogP contribution in [0.1, 0.15) is 27.9 Å². The summed E-state index contributed by atoms with van der Waals surface area (Å²) in [4.78, 5) is 17.3. The Morgan fingerprint density at radius 3 is 2.79 bits per heavy atom. The van der Waals surface area contributed by atoms with E-state index in [0.29, 0.717) is 23.1 Å². The molecular formula is C20H18N4O4. The van der Waals surface area contributed by atoms with Gasteiger partial charge in [-0.3, -0.25) is 4.79 Å². The number of aromatic nitrogens is 3. The standard InChI is InChI=1S/C20H18N4O4/c1-24-10-9-21-19(24)18(13-6-3-4-7-15(13)26-2)22-20(25)14-12-17(28-23-14)16-8-5-11-27-16/h3-12,18H,1-2H3,(H,22,25). The number of aryl methyl sites for hydroxylation is 1. The average Bonchev–Trinajstić information content (AvgIpc) is 3.47. The van der Waals surface area contributed by atoms with E-state index in [0.717, 1.165) is 5.56 Å². The second-order valence-corrected chi connectivity index (χ2v) is 6.10. The van der Waals surface area contributed by atoms with E-state index in [9.17, 15) is 4.79 Å². The minimum Gasteiger partial charge on any atom is -0.496 e. The van der Waals surface area contributed by atoms with Gasteiger partial charge in [-0.2, -0.15) is 0 Å². The van der Waals surface area contributed by atoms with E-state index in [1.165, 1.54) is 12.3 Å². The van der Waals surface area contributed by atoms with Crippen LogP contribution in [0.5, 0.6) is 5.75 Å². The molecule has 0 saturated carbocycles. The summed E-state index contributed by atoms with van der Waals surface area (Å²) in [6.45, 7) is 0. The van der Waals surface area contributed by atoms with E-state index in [-0.39, 0.29) is 5.69 Å². The Balaban J connectivity index is 1.66. The first-order valence-electron chi connectivity index (χ1n) is 8.59. The first-order valence-corrected chi connectivity index (χ1v) is 8.59. The summed E-state index contributed by atoms with van der Waals surface area (Å²) in [6, 6.07) is 11.9. The average molecular weight is 378 g/mol. The molecule has 0 saturated heterocycles. The van der Waals surface area contributed by atoms with Crippen LogP contribution >= 0.6 is 0 Å². The molecule has 8 nitrogen and oxygen atoms in total. The van der Waals surface area contributed by atoms with Crippen molar-refractivity contribution >= 4 is 5.91 Å². The van der Waals surface area contributed by atoms with E-state index in [1.807, 2.05) is 42.1 Å². The largest absolute Gasteiger partial charge is 0.496 e. The highest BCUT2D eigenvalue weighted by Crippen LogP contribution is 2.29. The molecule has 3 heterocycles. The number of benzene rings is 1. The molecule has 1 unspecified atom stereocenters. The maximum Gasteiger partial charge on any atom is 0.274 e. The summed E-state index contributed by atoms with van der Waals surface area (Å²) in [5, 5.41) is 6.83. The number of hydrogen-bond donors (Lipinski definition) is 1. The molecule has 142 valence electrons. The van der Waals surface area contributed by atoms with Gasteiger partial charge >= 0.3 is 0 Å². The Morgan fingerprint density at radius 2 is 2.07 bits per heavy atom. The smallest absolute Gasteiger partial charge is 0.274 e. The van der Waals surface area contributed by atoms with E-state index in [2.05, 4.69) is 15.5 Å². The molecule has 0 aliphatic carbocycles. The first kappa shape index (κ1) is 17.6. The lowest BCUT2D eigenvalue weighted by molar-refractivity contribution is 0.0931. The van der Waals surface area contributed by atoms with Gasteiger partial charge in [0.15, 0.2) is 11.5 Å². The summed E-state index contributed by atoms with van der Waals surface area (Å²) >= 11 is 0. The number of imidazole rings is 1. The zero-order valence-electron chi connectivity index (χ0n) is 15.3. The minimum atomic E-state index is -0.535. The predicted octanol–water partition coefficient (Wildman–Crippen LogP) is 3.20. The van der Waals surface area contributed by atoms with Crippen LogP contribution in [-0.4, -0.2) is 27.7 Å². The molecule has 0 aliphatic heterocycles. The SMILES string of the molecule is COc1ccccc1C(NC(=O)c1cc(-c2ccco2)on1)c1nccn1C. The highest BCUT2D eigenvalue weighted by Gasteiger charge is 2.26. The quantitative estimate of drug-likeness (QED) is 0.554. The number of amides is 1. The highest BCUT2D eigenvalue weighted by atomic mass is 16.5. The molecule has 0 bridgehead atoms. The van der Waals surface area contributed by atoms with Crippen molar-refractivity contribution in [1.29, 1.82) is 0 Å². The Hall–Kier alpha value is -3.81. The third-order valence-electron chi connectivity index (χ3n) is 4.35. The third kappa shape index (κ3) is 3.27. The molecule has 0 fully saturated rings. The van der Waals surface area contributed by atoms with Gasteiger partial charge in [0.05, 0.1) is 13.4 Å². The normalized spacial score (nSPS) is 11.9. The fourth-order valence-corrected chi connectivity index (χ4v) is 2.96. The van der Waals surface area contributed by atoms with Gasteiger partial charge in [0.1, 0.15) is 17.6 Å². The lowest BCUT2D eigenvalue weighted by Gasteiger charge is -2.20. The molecule has 0 aliphatic rings. The summed E-state index contributed by atoms with van der Waals surface area (Å²) in [5.41, 5.74) is 0.919. The summed E-state index contributed by atoms with van der Waals surface area (Å²) < 4.78 is 17.8. The number of furan rings is 1. The molecule has 0 spiro atoms. The number of nitrogens with one attached hydrogen (secondary N) is 1. The number of carbonyl (C=O) groups excluding carboxylic acids is 1. The van der Waals surface area contributed by atoms with Crippen molar-refractivity contribution in [1.82, 2.24) is 20.0 Å². The van der Waals surface area contributed by atoms with Crippen LogP contribution in [0.15, 0.2) is 70.1 Å². The van der Waals surface area contributed by atoms with Crippen LogP contribution in [0.25, 0.3) is 11.5 Å². The number of para-hydroxylation sites is 1. The van der Waals surface area contributed by atoms with Gasteiger partial charge in [0.2, 0.25) is 5.76 Å². The van der Waals surface area contributed by atoms with Gasteiger partial charge in [-0.25, -0.2) is 4.98 Å². The highest BCUT2D eigenvalue weighted by molar-refractivity contribution is 5.93. The van der Waals surface area contributed by atoms with Crippen molar-refractivity contribution in [2.45, 2.75) is 6.04 Å². The van der Waals surface area contributed by atoms with E-state index < -0.39 is 11.9 Å². The summed E-state index contributed by atoms with van der Waals surface area (Å²) in [6.07, 6.45) is 5.01. The van der Waals surface area contributed by atoms with Gasteiger partial charge in [0, 0.05) is 31.1 Å². The number of nitrogens with zero attached hydrogens (tertiary/aromatic N) is 3. The van der Waals surface area contributed by atoms with E-state index in [1.54, 1.807) is 25.4 Å². The van der Waals surface area contributed by atoms with Gasteiger partial charge in [-0.15, -0.1) is 0 Å². The summed E-state index contributed by atoms with van der Waals surface area (Å²) in [7, 11) is 3.45. The van der Waals surface area contributed by atoms with Crippen molar-refractivity contribution < 1.29 is 18.5 Å². The number of ether oxygens (including phenoxy) is 1. The fraction of sp³-hybridized carbons (Fsp3) is 0.150. The molecule has 1 amide bonds. The van der Waals surface area contributed by atoms with Gasteiger partial charge in [0.25, 0.3) is 5.91 Å². The molecule has 28 heavy (non-hydrogen) atoms. The van der Waals surface area contributed by atoms with Crippen LogP contribution < -0.4 is 10.1 Å². The zero-order valence-corrected chi connectivity index (χ0v) is 15.3. The molecule has 8 heteroatoms. The van der Waals surface area contributed by atoms with Crippen molar-refractivity contribution in [2.75, 3.05) is 7.11 Å². The minimum absolute atomic E-state index is 0.139. The van der Waals surface area contributed by atoms with Gasteiger partial charge in [-0.05, 0) is 18.2 Å². The molecule has 3 aromatic heterocycles. The Kier molecular flexibility index (Phi) is 4.67. The molecule has 1 aromatic carbocycles. The maximum absolute atomic E-state index is 12.9. The van der Waals surface area contributed by atoms with Crippen LogP contribution in [0, 0.1) is 0 Å². The number of methoxy groups -OCH3 is 1. The van der Waals surface area contributed by atoms with E-state index in [4.69, 9.17) is 13.7 Å². The Bertz CT molecular complexity index is 1080. The number of carbonyl (C=O) groups is 1. The first-order chi connectivity index (χ1) is 13.7. The summed E-state index contributed by atoms with van der Waals surface area (Å²) in [5.74, 6) is 1.78. The van der Waals surface area contributed by atoms with Crippen molar-refractivity contribution in [3.63, 3.8) is 0 Å². The monoisotopic (exact) mass is 378 g/mol. The fourth-order valence-electron chi connectivity index (χ4n) is 2.96. The molecule has 1 N–H and O–H groups in total. The van der Waals surface area contributed by atoms with Crippen LogP contribution in [-0.2, 0) is 7.05 Å². The zero-order chi connectivity index (χ0) is 19.5. The second kappa shape index (κ2) is 7.43. The van der Waals surface area contributed by atoms with Gasteiger partial charge in [-0.1, -0.05) is 23.4 Å². The predicted molar refractivity (Wildman–Crippen MR) is 99.7 cm³/mol.